The number of rotatable bonds is 14. The number of ether oxygens (including phenoxy) is 1. The number of halogens is 1. The molecule has 0 bridgehead atoms. The molecule has 8 rings (SSSR count). The number of amides is 5. The zero-order valence-electron chi connectivity index (χ0n) is 35.8. The van der Waals surface area contributed by atoms with Crippen molar-refractivity contribution in [1.29, 1.82) is 0 Å². The first-order chi connectivity index (χ1) is 31.1. The van der Waals surface area contributed by atoms with Crippen molar-refractivity contribution in [3.05, 3.63) is 105 Å². The largest absolute Gasteiger partial charge is 0.479 e. The number of nitrogen functional groups attached to an aromatic ring is 1. The molecule has 0 spiro atoms. The van der Waals surface area contributed by atoms with E-state index in [0.29, 0.717) is 53.2 Å². The number of aryl methyl sites for hydroxylation is 1. The smallest absolute Gasteiger partial charge is 0.349 e. The number of carboxylic acids is 2. The Morgan fingerprint density at radius 1 is 1.00 bits per heavy atom. The Labute approximate surface area is 388 Å². The second-order valence-corrected chi connectivity index (χ2v) is 18.9. The maximum Gasteiger partial charge on any atom is 0.349 e. The molecule has 5 amide bonds. The van der Waals surface area contributed by atoms with Gasteiger partial charge in [-0.3, -0.25) is 24.6 Å². The van der Waals surface area contributed by atoms with E-state index in [1.54, 1.807) is 24.3 Å². The highest BCUT2D eigenvalue weighted by Gasteiger charge is 2.41. The van der Waals surface area contributed by atoms with E-state index in [0.717, 1.165) is 45.7 Å². The van der Waals surface area contributed by atoms with E-state index in [-0.39, 0.29) is 45.5 Å². The molecular formula is C47H49ClN6O9S2. The van der Waals surface area contributed by atoms with E-state index < -0.39 is 30.5 Å². The molecule has 5 aromatic rings. The second kappa shape index (κ2) is 20.4. The van der Waals surface area contributed by atoms with Crippen LogP contribution in [0.5, 0.6) is 5.75 Å². The number of thiophene rings is 1. The number of nitrogens with two attached hydrogens (primary N) is 1. The van der Waals surface area contributed by atoms with Gasteiger partial charge in [0.2, 0.25) is 11.8 Å². The molecule has 1 unspecified atom stereocenters. The van der Waals surface area contributed by atoms with Crippen molar-refractivity contribution < 1.29 is 43.7 Å². The predicted molar refractivity (Wildman–Crippen MR) is 254 cm³/mol. The van der Waals surface area contributed by atoms with Gasteiger partial charge in [0, 0.05) is 47.6 Å². The first-order valence-electron chi connectivity index (χ1n) is 21.1. The third-order valence-corrected chi connectivity index (χ3v) is 14.4. The molecule has 340 valence electrons. The summed E-state index contributed by atoms with van der Waals surface area (Å²) in [6.07, 6.45) is 5.63. The lowest BCUT2D eigenvalue weighted by atomic mass is 9.93. The highest BCUT2D eigenvalue weighted by Crippen LogP contribution is 2.46. The number of piperidine rings is 2. The number of nitrogens with zero attached hydrogens (tertiary/aromatic N) is 2. The monoisotopic (exact) mass is 940 g/mol. The Hall–Kier alpha value is -6.14. The predicted octanol–water partition coefficient (Wildman–Crippen LogP) is 8.58. The number of aliphatic carboxylic acids is 1. The van der Waals surface area contributed by atoms with Crippen LogP contribution >= 0.6 is 34.9 Å². The fourth-order valence-electron chi connectivity index (χ4n) is 8.17. The number of benzene rings is 4. The third-order valence-electron chi connectivity index (χ3n) is 11.3. The molecule has 7 N–H and O–H groups in total. The van der Waals surface area contributed by atoms with Gasteiger partial charge < -0.3 is 31.3 Å². The van der Waals surface area contributed by atoms with Gasteiger partial charge in [-0.25, -0.2) is 18.7 Å². The Kier molecular flexibility index (Phi) is 14.7. The summed E-state index contributed by atoms with van der Waals surface area (Å²) in [5.74, 6) is -2.70. The van der Waals surface area contributed by atoms with Crippen molar-refractivity contribution >= 4 is 98.4 Å². The van der Waals surface area contributed by atoms with E-state index >= 15 is 0 Å². The average Bonchev–Trinajstić information content (AvgIpc) is 3.74. The van der Waals surface area contributed by atoms with Crippen molar-refractivity contribution in [2.24, 2.45) is 0 Å². The zero-order valence-corrected chi connectivity index (χ0v) is 38.2. The van der Waals surface area contributed by atoms with Gasteiger partial charge in [-0.1, -0.05) is 72.4 Å². The quantitative estimate of drug-likeness (QED) is 0.0267. The number of hydrogen-bond donors (Lipinski definition) is 6. The van der Waals surface area contributed by atoms with Gasteiger partial charge in [-0.15, -0.1) is 11.3 Å². The Balaban J connectivity index is 0.000000251. The normalized spacial score (nSPS) is 16.7. The van der Waals surface area contributed by atoms with Gasteiger partial charge in [0.05, 0.1) is 16.1 Å². The number of anilines is 3. The maximum absolute atomic E-state index is 13.5. The number of carbonyl (C=O) groups excluding carboxylic acids is 4. The molecule has 65 heavy (non-hydrogen) atoms. The van der Waals surface area contributed by atoms with Crippen LogP contribution in [-0.4, -0.2) is 81.5 Å². The Morgan fingerprint density at radius 3 is 2.52 bits per heavy atom. The fourth-order valence-corrected chi connectivity index (χ4v) is 10.8. The number of nitrogens with one attached hydrogen (secondary N) is 3. The molecule has 4 heterocycles. The number of carboxylic acid groups (broad SMARTS) is 2. The van der Waals surface area contributed by atoms with Crippen LogP contribution in [-0.2, 0) is 26.6 Å². The summed E-state index contributed by atoms with van der Waals surface area (Å²) in [6, 6.07) is 23.5. The third kappa shape index (κ3) is 11.0. The van der Waals surface area contributed by atoms with Crippen molar-refractivity contribution in [1.82, 2.24) is 14.9 Å². The van der Waals surface area contributed by atoms with Crippen molar-refractivity contribution in [3.63, 3.8) is 0 Å². The SMILES string of the molecule is CC1(C)CCCCN1SCc1cccc(NC(=O)NCCCc2cc3c4c(cccc4c2)N(C2CCC(=O)NC2=O)C3=O)c1.Nc1cccc(-c2sc(C(=O)O)c(OCC(=O)O)c2Cl)c1. The van der Waals surface area contributed by atoms with Crippen LogP contribution in [0.25, 0.3) is 21.2 Å². The molecule has 15 nitrogen and oxygen atoms in total. The minimum atomic E-state index is -1.24. The molecule has 0 saturated carbocycles. The number of imide groups is 1. The summed E-state index contributed by atoms with van der Waals surface area (Å²) >= 11 is 8.90. The van der Waals surface area contributed by atoms with E-state index in [2.05, 4.69) is 46.2 Å². The summed E-state index contributed by atoms with van der Waals surface area (Å²) < 4.78 is 7.49. The van der Waals surface area contributed by atoms with Gasteiger partial charge in [0.15, 0.2) is 17.2 Å². The van der Waals surface area contributed by atoms with Gasteiger partial charge >= 0.3 is 18.0 Å². The molecule has 3 aliphatic rings. The summed E-state index contributed by atoms with van der Waals surface area (Å²) in [5, 5.41) is 27.9. The molecule has 1 aromatic heterocycles. The summed E-state index contributed by atoms with van der Waals surface area (Å²) in [6.45, 7) is 5.53. The van der Waals surface area contributed by atoms with Crippen molar-refractivity contribution in [3.8, 4) is 16.2 Å². The molecule has 2 fully saturated rings. The molecule has 18 heteroatoms. The standard InChI is InChI=1S/C34H39N5O4S.C13H10ClNO5S/c1-34(2)15-3-4-17-38(34)44-21-23-8-5-11-25(19-23)36-33(43)35-16-7-9-22-18-24-10-6-12-27-30(24)26(20-22)32(42)39(27)28-13-14-29(40)37-31(28)41;14-9-10(20-5-8(16)17)12(13(18)19)21-11(9)6-2-1-3-7(15)4-6/h5-6,8,10-12,18-20,28H,3-4,7,9,13-17,21H2,1-2H3,(H2,35,36,43)(H,37,40,41);1-4H,5,15H2,(H,16,17)(H,18,19). The number of urea groups is 1. The van der Waals surface area contributed by atoms with Crippen LogP contribution < -0.4 is 31.3 Å². The topological polar surface area (TPSA) is 221 Å². The number of aromatic carboxylic acids is 1. The van der Waals surface area contributed by atoms with Crippen LogP contribution in [0.1, 0.15) is 83.5 Å². The van der Waals surface area contributed by atoms with E-state index in [9.17, 15) is 28.8 Å². The minimum Gasteiger partial charge on any atom is -0.479 e. The molecule has 2 saturated heterocycles. The molecule has 1 atom stereocenters. The highest BCUT2D eigenvalue weighted by atomic mass is 35.5. The first-order valence-corrected chi connectivity index (χ1v) is 23.3. The van der Waals surface area contributed by atoms with Crippen molar-refractivity contribution in [2.75, 3.05) is 35.6 Å². The fraction of sp³-hybridized carbons (Fsp3) is 0.319. The van der Waals surface area contributed by atoms with Crippen LogP contribution in [0, 0.1) is 0 Å². The molecular weight excluding hydrogens is 892 g/mol. The molecule has 4 aromatic carbocycles. The van der Waals surface area contributed by atoms with Crippen LogP contribution in [0.3, 0.4) is 0 Å². The second-order valence-electron chi connectivity index (χ2n) is 16.5. The Morgan fingerprint density at radius 2 is 1.78 bits per heavy atom. The lowest BCUT2D eigenvalue weighted by Gasteiger charge is -2.41. The first kappa shape index (κ1) is 46.8. The number of carbonyl (C=O) groups is 6. The Bertz CT molecular complexity index is 2670. The van der Waals surface area contributed by atoms with E-state index in [1.165, 1.54) is 29.7 Å². The van der Waals surface area contributed by atoms with Gasteiger partial charge in [0.25, 0.3) is 5.91 Å². The summed E-state index contributed by atoms with van der Waals surface area (Å²) in [7, 11) is 0. The molecule has 0 radical (unpaired) electrons. The lowest BCUT2D eigenvalue weighted by molar-refractivity contribution is -0.139. The van der Waals surface area contributed by atoms with Crippen LogP contribution in [0.2, 0.25) is 5.02 Å². The highest BCUT2D eigenvalue weighted by molar-refractivity contribution is 7.96. The summed E-state index contributed by atoms with van der Waals surface area (Å²) in [4.78, 5) is 74.0. The average molecular weight is 942 g/mol. The maximum atomic E-state index is 13.5. The minimum absolute atomic E-state index is 0.0595. The van der Waals surface area contributed by atoms with E-state index in [4.69, 9.17) is 32.3 Å². The molecule has 0 aliphatic carbocycles. The van der Waals surface area contributed by atoms with E-state index in [1.807, 2.05) is 54.4 Å². The van der Waals surface area contributed by atoms with Gasteiger partial charge in [-0.2, -0.15) is 0 Å². The van der Waals surface area contributed by atoms with Crippen LogP contribution in [0.15, 0.2) is 78.9 Å². The van der Waals surface area contributed by atoms with Gasteiger partial charge in [-0.05, 0) is 104 Å². The zero-order chi connectivity index (χ0) is 46.4. The van der Waals surface area contributed by atoms with Crippen molar-refractivity contribution in [2.45, 2.75) is 76.1 Å². The molecule has 3 aliphatic heterocycles. The van der Waals surface area contributed by atoms with Crippen LogP contribution in [0.4, 0.5) is 21.9 Å². The summed E-state index contributed by atoms with van der Waals surface area (Å²) in [5.41, 5.74) is 11.2. The lowest BCUT2D eigenvalue weighted by Crippen LogP contribution is -2.53. The number of hydrogen-bond acceptors (Lipinski definition) is 11. The van der Waals surface area contributed by atoms with Gasteiger partial charge in [0.1, 0.15) is 11.1 Å².